The van der Waals surface area contributed by atoms with Gasteiger partial charge in [-0.05, 0) is 37.8 Å². The zero-order valence-corrected chi connectivity index (χ0v) is 17.3. The molecule has 0 bridgehead atoms. The molecule has 1 amide bonds. The summed E-state index contributed by atoms with van der Waals surface area (Å²) in [5.74, 6) is -1.23. The van der Waals surface area contributed by atoms with Gasteiger partial charge in [-0.1, -0.05) is 64.0 Å². The van der Waals surface area contributed by atoms with Gasteiger partial charge in [-0.3, -0.25) is 4.79 Å². The number of rotatable bonds is 9. The summed E-state index contributed by atoms with van der Waals surface area (Å²) in [6.07, 6.45) is 10.9. The molecule has 1 saturated heterocycles. The van der Waals surface area contributed by atoms with E-state index in [9.17, 15) is 4.79 Å². The van der Waals surface area contributed by atoms with Gasteiger partial charge in [0.2, 0.25) is 0 Å². The third-order valence-electron chi connectivity index (χ3n) is 5.85. The fourth-order valence-corrected chi connectivity index (χ4v) is 4.36. The number of ether oxygens (including phenoxy) is 2. The van der Waals surface area contributed by atoms with Gasteiger partial charge < -0.3 is 14.4 Å². The Morgan fingerprint density at radius 3 is 2.19 bits per heavy atom. The molecule has 0 atom stereocenters. The number of anilines is 1. The lowest BCUT2D eigenvalue weighted by Crippen LogP contribution is -2.47. The average molecular weight is 374 g/mol. The van der Waals surface area contributed by atoms with E-state index in [1.165, 1.54) is 44.9 Å². The largest absolute Gasteiger partial charge is 0.338 e. The number of amides is 1. The molecule has 2 aliphatic rings. The molecule has 1 aromatic carbocycles. The van der Waals surface area contributed by atoms with Crippen LogP contribution < -0.4 is 4.90 Å². The summed E-state index contributed by atoms with van der Waals surface area (Å²) >= 11 is 0. The molecular formula is C23H35NO3. The highest BCUT2D eigenvalue weighted by molar-refractivity contribution is 6.07. The standard InChI is InChI=1S/C23H35NO3/c1-4-5-6-7-8-9-10-11-15-24-21-19(3)14-13-18(2)20(21)23(22(24)25)26-16-12-17-27-23/h13-14H,4-12,15-17H2,1-3H3. The summed E-state index contributed by atoms with van der Waals surface area (Å²) in [5.41, 5.74) is 4.15. The molecule has 2 aliphatic heterocycles. The van der Waals surface area contributed by atoms with Crippen LogP contribution >= 0.6 is 0 Å². The number of carbonyl (C=O) groups excluding carboxylic acids is 1. The van der Waals surface area contributed by atoms with Crippen LogP contribution in [0.1, 0.15) is 81.4 Å². The van der Waals surface area contributed by atoms with Gasteiger partial charge in [-0.15, -0.1) is 0 Å². The molecule has 150 valence electrons. The Kier molecular flexibility index (Phi) is 6.93. The predicted molar refractivity (Wildman–Crippen MR) is 109 cm³/mol. The molecule has 0 N–H and O–H groups in total. The Morgan fingerprint density at radius 2 is 1.52 bits per heavy atom. The van der Waals surface area contributed by atoms with Crippen molar-refractivity contribution in [2.45, 2.75) is 84.3 Å². The van der Waals surface area contributed by atoms with Crippen LogP contribution in [0.4, 0.5) is 5.69 Å². The number of aryl methyl sites for hydroxylation is 2. The van der Waals surface area contributed by atoms with Crippen molar-refractivity contribution in [1.29, 1.82) is 0 Å². The molecule has 0 unspecified atom stereocenters. The number of fused-ring (bicyclic) bond motifs is 2. The minimum Gasteiger partial charge on any atom is -0.338 e. The lowest BCUT2D eigenvalue weighted by atomic mass is 9.97. The van der Waals surface area contributed by atoms with Crippen LogP contribution in [-0.2, 0) is 20.1 Å². The highest BCUT2D eigenvalue weighted by Gasteiger charge is 2.55. The topological polar surface area (TPSA) is 38.8 Å². The van der Waals surface area contributed by atoms with Crippen molar-refractivity contribution < 1.29 is 14.3 Å². The van der Waals surface area contributed by atoms with Gasteiger partial charge in [-0.25, -0.2) is 0 Å². The Balaban J connectivity index is 1.66. The Hall–Kier alpha value is -1.39. The minimum atomic E-state index is -1.20. The summed E-state index contributed by atoms with van der Waals surface area (Å²) in [5, 5.41) is 0. The van der Waals surface area contributed by atoms with Crippen LogP contribution in [0.3, 0.4) is 0 Å². The van der Waals surface area contributed by atoms with E-state index < -0.39 is 5.79 Å². The summed E-state index contributed by atoms with van der Waals surface area (Å²) in [6.45, 7) is 8.28. The quantitative estimate of drug-likeness (QED) is 0.546. The first-order chi connectivity index (χ1) is 13.1. The third-order valence-corrected chi connectivity index (χ3v) is 5.85. The molecule has 0 aromatic heterocycles. The van der Waals surface area contributed by atoms with E-state index in [1.54, 1.807) is 0 Å². The van der Waals surface area contributed by atoms with E-state index in [2.05, 4.69) is 32.9 Å². The molecule has 3 rings (SSSR count). The van der Waals surface area contributed by atoms with Crippen LogP contribution in [0.5, 0.6) is 0 Å². The van der Waals surface area contributed by atoms with Crippen LogP contribution in [-0.4, -0.2) is 25.7 Å². The molecule has 2 heterocycles. The molecule has 1 aromatic rings. The van der Waals surface area contributed by atoms with Crippen molar-refractivity contribution in [3.63, 3.8) is 0 Å². The number of carbonyl (C=O) groups is 1. The van der Waals surface area contributed by atoms with E-state index in [-0.39, 0.29) is 5.91 Å². The van der Waals surface area contributed by atoms with Crippen molar-refractivity contribution in [2.24, 2.45) is 0 Å². The van der Waals surface area contributed by atoms with Crippen molar-refractivity contribution in [1.82, 2.24) is 0 Å². The van der Waals surface area contributed by atoms with Crippen molar-refractivity contribution >= 4 is 11.6 Å². The molecule has 1 fully saturated rings. The zero-order chi connectivity index (χ0) is 19.3. The lowest BCUT2D eigenvalue weighted by molar-refractivity contribution is -0.257. The maximum Gasteiger partial charge on any atom is 0.292 e. The normalized spacial score (nSPS) is 18.3. The second-order valence-electron chi connectivity index (χ2n) is 8.02. The van der Waals surface area contributed by atoms with Crippen molar-refractivity contribution in [3.05, 3.63) is 28.8 Å². The molecule has 1 spiro atoms. The van der Waals surface area contributed by atoms with Gasteiger partial charge in [0.05, 0.1) is 18.9 Å². The summed E-state index contributed by atoms with van der Waals surface area (Å²) in [4.78, 5) is 15.3. The van der Waals surface area contributed by atoms with E-state index in [4.69, 9.17) is 9.47 Å². The first-order valence-corrected chi connectivity index (χ1v) is 10.8. The Labute approximate surface area is 164 Å². The van der Waals surface area contributed by atoms with Crippen molar-refractivity contribution in [3.8, 4) is 0 Å². The van der Waals surface area contributed by atoms with Crippen LogP contribution in [0.25, 0.3) is 0 Å². The average Bonchev–Trinajstić information content (AvgIpc) is 2.91. The number of unbranched alkanes of at least 4 members (excludes halogenated alkanes) is 7. The molecule has 0 radical (unpaired) electrons. The van der Waals surface area contributed by atoms with E-state index in [1.807, 2.05) is 4.90 Å². The highest BCUT2D eigenvalue weighted by Crippen LogP contribution is 2.48. The molecule has 0 aliphatic carbocycles. The zero-order valence-electron chi connectivity index (χ0n) is 17.3. The lowest BCUT2D eigenvalue weighted by Gasteiger charge is -2.33. The monoisotopic (exact) mass is 373 g/mol. The summed E-state index contributed by atoms with van der Waals surface area (Å²) in [6, 6.07) is 4.17. The second-order valence-corrected chi connectivity index (χ2v) is 8.02. The van der Waals surface area contributed by atoms with Gasteiger partial charge in [0.25, 0.3) is 11.7 Å². The number of benzene rings is 1. The first-order valence-electron chi connectivity index (χ1n) is 10.8. The number of hydrogen-bond acceptors (Lipinski definition) is 3. The second kappa shape index (κ2) is 9.20. The van der Waals surface area contributed by atoms with Crippen molar-refractivity contribution in [2.75, 3.05) is 24.7 Å². The minimum absolute atomic E-state index is 0.0301. The highest BCUT2D eigenvalue weighted by atomic mass is 16.7. The molecule has 27 heavy (non-hydrogen) atoms. The first kappa shape index (κ1) is 20.3. The van der Waals surface area contributed by atoms with Crippen LogP contribution in [0.15, 0.2) is 12.1 Å². The molecule has 4 heteroatoms. The molecular weight excluding hydrogens is 338 g/mol. The van der Waals surface area contributed by atoms with Gasteiger partial charge in [-0.2, -0.15) is 0 Å². The Morgan fingerprint density at radius 1 is 0.926 bits per heavy atom. The van der Waals surface area contributed by atoms with Gasteiger partial charge in [0.15, 0.2) is 0 Å². The van der Waals surface area contributed by atoms with Crippen LogP contribution in [0.2, 0.25) is 0 Å². The summed E-state index contributed by atoms with van der Waals surface area (Å²) < 4.78 is 12.0. The van der Waals surface area contributed by atoms with Gasteiger partial charge >= 0.3 is 0 Å². The van der Waals surface area contributed by atoms with Crippen LogP contribution in [0, 0.1) is 13.8 Å². The van der Waals surface area contributed by atoms with E-state index in [0.29, 0.717) is 13.2 Å². The third kappa shape index (κ3) is 4.07. The van der Waals surface area contributed by atoms with Gasteiger partial charge in [0.1, 0.15) is 0 Å². The fourth-order valence-electron chi connectivity index (χ4n) is 4.36. The predicted octanol–water partition coefficient (Wildman–Crippen LogP) is 5.38. The summed E-state index contributed by atoms with van der Waals surface area (Å²) in [7, 11) is 0. The molecule has 4 nitrogen and oxygen atoms in total. The smallest absolute Gasteiger partial charge is 0.292 e. The Bertz CT molecular complexity index is 649. The number of hydrogen-bond donors (Lipinski definition) is 0. The van der Waals surface area contributed by atoms with E-state index in [0.717, 1.165) is 41.8 Å². The molecule has 0 saturated carbocycles. The van der Waals surface area contributed by atoms with E-state index >= 15 is 0 Å². The maximum absolute atomic E-state index is 13.4. The van der Waals surface area contributed by atoms with Gasteiger partial charge in [0, 0.05) is 12.1 Å². The number of nitrogens with zero attached hydrogens (tertiary/aromatic N) is 1. The SMILES string of the molecule is CCCCCCCCCCN1C(=O)C2(OCCCO2)c2c(C)ccc(C)c21. The maximum atomic E-state index is 13.4. The fraction of sp³-hybridized carbons (Fsp3) is 0.696.